The molecule has 258 valence electrons. The number of amides is 2. The largest absolute Gasteiger partial charge is 0.444 e. The predicted molar refractivity (Wildman–Crippen MR) is 182 cm³/mol. The lowest BCUT2D eigenvalue weighted by Gasteiger charge is -2.45. The Labute approximate surface area is 271 Å². The van der Waals surface area contributed by atoms with E-state index in [0.29, 0.717) is 25.9 Å². The molecule has 9 nitrogen and oxygen atoms in total. The Morgan fingerprint density at radius 2 is 1.11 bits per heavy atom. The van der Waals surface area contributed by atoms with Gasteiger partial charge in [-0.3, -0.25) is 9.80 Å². The Morgan fingerprint density at radius 3 is 1.55 bits per heavy atom. The lowest BCUT2D eigenvalue weighted by molar-refractivity contribution is -0.0572. The third kappa shape index (κ3) is 9.68. The fraction of sp³-hybridized carbons (Fsp3) is 0.939. The van der Waals surface area contributed by atoms with Crippen LogP contribution < -0.4 is 0 Å². The van der Waals surface area contributed by atoms with E-state index in [1.165, 1.54) is 0 Å². The molecule has 5 atom stereocenters. The van der Waals surface area contributed by atoms with Gasteiger partial charge in [0.1, 0.15) is 17.4 Å². The number of likely N-dealkylation sites (tertiary alicyclic amines) is 2. The van der Waals surface area contributed by atoms with Gasteiger partial charge in [-0.1, -0.05) is 41.5 Å². The van der Waals surface area contributed by atoms with Gasteiger partial charge in [-0.25, -0.2) is 9.59 Å². The van der Waals surface area contributed by atoms with Crippen LogP contribution in [0.4, 0.5) is 9.59 Å². The first-order valence-electron chi connectivity index (χ1n) is 16.5. The van der Waals surface area contributed by atoms with Crippen LogP contribution in [0.2, 0.25) is 36.3 Å². The number of hydrogen-bond donors (Lipinski definition) is 0. The summed E-state index contributed by atoms with van der Waals surface area (Å²) in [6, 6.07) is -0.820. The first-order chi connectivity index (χ1) is 19.6. The molecule has 2 amide bonds. The normalized spacial score (nSPS) is 24.9. The van der Waals surface area contributed by atoms with Gasteiger partial charge < -0.3 is 23.1 Å². The number of carbonyl (C=O) groups is 2. The maximum Gasteiger partial charge on any atom is 0.412 e. The van der Waals surface area contributed by atoms with Crippen molar-refractivity contribution in [3.05, 3.63) is 0 Å². The molecular formula is C33H66N2O7Si2. The second-order valence-electron chi connectivity index (χ2n) is 17.8. The molecule has 2 heterocycles. The molecule has 0 spiro atoms. The number of ether oxygens (including phenoxy) is 3. The standard InChI is InChI=1S/C33H66N2O7Si2/c1-30(2,3)40-28(36)34-23(24-20-21-27(38-13)35(24)29(37)41-31(4,5)6)18-19-25(34)26(42-44(16,17)33(10,11)12)22-39-43(14,15)32(7,8)9/h23-27H,18-22H2,1-17H3/t23-,24+,25+,26+,27?/m0/s1. The number of rotatable bonds is 8. The van der Waals surface area contributed by atoms with Gasteiger partial charge in [0.25, 0.3) is 0 Å². The van der Waals surface area contributed by atoms with E-state index < -0.39 is 40.2 Å². The second-order valence-corrected chi connectivity index (χ2v) is 27.4. The first-order valence-corrected chi connectivity index (χ1v) is 22.3. The summed E-state index contributed by atoms with van der Waals surface area (Å²) in [6.45, 7) is 34.1. The molecule has 0 saturated carbocycles. The fourth-order valence-corrected chi connectivity index (χ4v) is 7.81. The quantitative estimate of drug-likeness (QED) is 0.242. The summed E-state index contributed by atoms with van der Waals surface area (Å²) >= 11 is 0. The van der Waals surface area contributed by atoms with E-state index in [-0.39, 0.29) is 40.4 Å². The Morgan fingerprint density at radius 1 is 0.682 bits per heavy atom. The molecule has 11 heteroatoms. The molecule has 0 aromatic heterocycles. The monoisotopic (exact) mass is 658 g/mol. The van der Waals surface area contributed by atoms with Crippen LogP contribution in [0, 0.1) is 0 Å². The van der Waals surface area contributed by atoms with Crippen LogP contribution in [0.25, 0.3) is 0 Å². The van der Waals surface area contributed by atoms with Gasteiger partial charge in [0.15, 0.2) is 16.6 Å². The third-order valence-corrected chi connectivity index (χ3v) is 18.9. The SMILES string of the molecule is COC1CC[C@H]([C@@H]2CC[C@H]([C@@H](CO[Si](C)(C)C(C)(C)C)O[Si](C)(C)C(C)(C)C)N2C(=O)OC(C)(C)C)N1C(=O)OC(C)(C)C. The summed E-state index contributed by atoms with van der Waals surface area (Å²) < 4.78 is 31.6. The molecule has 0 radical (unpaired) electrons. The van der Waals surface area contributed by atoms with E-state index in [0.717, 1.165) is 6.42 Å². The average Bonchev–Trinajstić information content (AvgIpc) is 3.42. The summed E-state index contributed by atoms with van der Waals surface area (Å²) in [6.07, 6.45) is 1.24. The lowest BCUT2D eigenvalue weighted by Crippen LogP contribution is -2.59. The van der Waals surface area contributed by atoms with E-state index in [4.69, 9.17) is 23.1 Å². The average molecular weight is 659 g/mol. The van der Waals surface area contributed by atoms with Crippen molar-refractivity contribution in [1.82, 2.24) is 9.80 Å². The van der Waals surface area contributed by atoms with Crippen molar-refractivity contribution < 1.29 is 32.7 Å². The molecule has 0 aromatic rings. The summed E-state index contributed by atoms with van der Waals surface area (Å²) in [4.78, 5) is 31.4. The van der Waals surface area contributed by atoms with Crippen LogP contribution in [0.15, 0.2) is 0 Å². The van der Waals surface area contributed by atoms with Gasteiger partial charge in [-0.05, 0) is 103 Å². The molecular weight excluding hydrogens is 593 g/mol. The zero-order valence-electron chi connectivity index (χ0n) is 31.2. The van der Waals surface area contributed by atoms with Crippen molar-refractivity contribution in [2.45, 2.75) is 187 Å². The van der Waals surface area contributed by atoms with Crippen molar-refractivity contribution in [3.8, 4) is 0 Å². The summed E-state index contributed by atoms with van der Waals surface area (Å²) in [5, 5.41) is 0.00610. The van der Waals surface area contributed by atoms with Gasteiger partial charge >= 0.3 is 12.2 Å². The number of nitrogens with zero attached hydrogens (tertiary/aromatic N) is 2. The molecule has 0 N–H and O–H groups in total. The van der Waals surface area contributed by atoms with Crippen molar-refractivity contribution in [2.75, 3.05) is 13.7 Å². The van der Waals surface area contributed by atoms with Crippen LogP contribution in [-0.2, 0) is 23.1 Å². The number of methoxy groups -OCH3 is 1. The van der Waals surface area contributed by atoms with Crippen LogP contribution >= 0.6 is 0 Å². The van der Waals surface area contributed by atoms with Crippen LogP contribution in [-0.4, -0.2) is 94.0 Å². The van der Waals surface area contributed by atoms with Crippen molar-refractivity contribution in [2.24, 2.45) is 0 Å². The van der Waals surface area contributed by atoms with E-state index in [1.807, 2.05) is 46.4 Å². The molecule has 2 saturated heterocycles. The van der Waals surface area contributed by atoms with Crippen LogP contribution in [0.1, 0.15) is 109 Å². The van der Waals surface area contributed by atoms with E-state index in [1.54, 1.807) is 12.0 Å². The van der Waals surface area contributed by atoms with Gasteiger partial charge in [-0.2, -0.15) is 0 Å². The summed E-state index contributed by atoms with van der Waals surface area (Å²) in [7, 11) is -2.76. The highest BCUT2D eigenvalue weighted by molar-refractivity contribution is 6.74. The minimum Gasteiger partial charge on any atom is -0.444 e. The maximum atomic E-state index is 14.2. The highest BCUT2D eigenvalue weighted by Crippen LogP contribution is 2.43. The van der Waals surface area contributed by atoms with Crippen molar-refractivity contribution in [1.29, 1.82) is 0 Å². The molecule has 1 unspecified atom stereocenters. The Balaban J connectivity index is 2.60. The van der Waals surface area contributed by atoms with Crippen LogP contribution in [0.3, 0.4) is 0 Å². The fourth-order valence-electron chi connectivity index (χ4n) is 5.46. The first kappa shape index (κ1) is 39.0. The van der Waals surface area contributed by atoms with Gasteiger partial charge in [0, 0.05) is 7.11 Å². The number of hydrogen-bond acceptors (Lipinski definition) is 7. The molecule has 2 aliphatic heterocycles. The molecule has 0 aromatic carbocycles. The zero-order chi connectivity index (χ0) is 34.3. The molecule has 2 rings (SSSR count). The van der Waals surface area contributed by atoms with E-state index in [9.17, 15) is 9.59 Å². The molecule has 44 heavy (non-hydrogen) atoms. The summed E-state index contributed by atoms with van der Waals surface area (Å²) in [5.41, 5.74) is -1.34. The Hall–Kier alpha value is -1.15. The predicted octanol–water partition coefficient (Wildman–Crippen LogP) is 8.54. The Bertz CT molecular complexity index is 992. The molecule has 2 aliphatic rings. The van der Waals surface area contributed by atoms with Crippen molar-refractivity contribution in [3.63, 3.8) is 0 Å². The van der Waals surface area contributed by atoms with Crippen LogP contribution in [0.5, 0.6) is 0 Å². The van der Waals surface area contributed by atoms with Gasteiger partial charge in [0.2, 0.25) is 0 Å². The molecule has 2 fully saturated rings. The van der Waals surface area contributed by atoms with E-state index >= 15 is 0 Å². The van der Waals surface area contributed by atoms with Gasteiger partial charge in [-0.15, -0.1) is 0 Å². The Kier molecular flexibility index (Phi) is 12.0. The minimum absolute atomic E-state index is 0.0262. The lowest BCUT2D eigenvalue weighted by atomic mass is 10.0. The topological polar surface area (TPSA) is 86.8 Å². The smallest absolute Gasteiger partial charge is 0.412 e. The van der Waals surface area contributed by atoms with Gasteiger partial charge in [0.05, 0.1) is 30.8 Å². The maximum absolute atomic E-state index is 14.2. The molecule has 0 bridgehead atoms. The summed E-state index contributed by atoms with van der Waals surface area (Å²) in [5.74, 6) is 0. The van der Waals surface area contributed by atoms with E-state index in [2.05, 4.69) is 67.7 Å². The molecule has 0 aliphatic carbocycles. The number of carbonyl (C=O) groups excluding carboxylic acids is 2. The minimum atomic E-state index is -2.27. The highest BCUT2D eigenvalue weighted by Gasteiger charge is 2.54. The third-order valence-electron chi connectivity index (χ3n) is 9.87. The second kappa shape index (κ2) is 13.5. The van der Waals surface area contributed by atoms with Crippen molar-refractivity contribution >= 4 is 28.8 Å². The highest BCUT2D eigenvalue weighted by atomic mass is 28.4. The zero-order valence-corrected chi connectivity index (χ0v) is 33.2.